The van der Waals surface area contributed by atoms with Crippen molar-refractivity contribution in [3.63, 3.8) is 0 Å². The second kappa shape index (κ2) is 7.09. The van der Waals surface area contributed by atoms with Crippen molar-refractivity contribution in [2.45, 2.75) is 57.5 Å². The van der Waals surface area contributed by atoms with E-state index in [-0.39, 0.29) is 5.91 Å². The van der Waals surface area contributed by atoms with Crippen molar-refractivity contribution in [2.75, 3.05) is 11.9 Å². The van der Waals surface area contributed by atoms with E-state index in [4.69, 9.17) is 0 Å². The molecule has 1 aromatic rings. The highest BCUT2D eigenvalue weighted by molar-refractivity contribution is 9.10. The summed E-state index contributed by atoms with van der Waals surface area (Å²) in [5.41, 5.74) is 0. The van der Waals surface area contributed by atoms with Crippen LogP contribution < -0.4 is 5.32 Å². The van der Waals surface area contributed by atoms with Gasteiger partial charge in [0, 0.05) is 22.8 Å². The highest BCUT2D eigenvalue weighted by Crippen LogP contribution is 2.34. The molecule has 0 atom stereocenters. The highest BCUT2D eigenvalue weighted by Gasteiger charge is 2.36. The fraction of sp³-hybridized carbons (Fsp3) is 0.647. The molecule has 0 spiro atoms. The number of hydrogen-bond acceptors (Lipinski definition) is 3. The molecular weight excluding hydrogens is 342 g/mol. The van der Waals surface area contributed by atoms with Gasteiger partial charge in [0.1, 0.15) is 5.82 Å². The maximum absolute atomic E-state index is 12.3. The second-order valence-electron chi connectivity index (χ2n) is 6.73. The van der Waals surface area contributed by atoms with Crippen LogP contribution in [-0.2, 0) is 4.79 Å². The molecule has 1 aromatic heterocycles. The Morgan fingerprint density at radius 3 is 2.41 bits per heavy atom. The second-order valence-corrected chi connectivity index (χ2v) is 7.64. The molecule has 1 N–H and O–H groups in total. The fourth-order valence-corrected chi connectivity index (χ4v) is 3.57. The Labute approximate surface area is 140 Å². The van der Waals surface area contributed by atoms with Crippen molar-refractivity contribution in [3.8, 4) is 0 Å². The zero-order valence-electron chi connectivity index (χ0n) is 13.1. The standard InChI is InChI=1S/C17H24BrN3O/c1-12-2-5-14(6-3-12)21(15-7-8-15)11-17(22)20-16-9-4-13(18)10-19-16/h4,9-10,12,14-15H,2-3,5-8,11H2,1H3,(H,19,20,22). The molecule has 0 aliphatic heterocycles. The first-order valence-corrected chi connectivity index (χ1v) is 9.08. The van der Waals surface area contributed by atoms with Crippen LogP contribution in [0.2, 0.25) is 0 Å². The number of carbonyl (C=O) groups is 1. The maximum atomic E-state index is 12.3. The molecule has 0 radical (unpaired) electrons. The molecule has 1 heterocycles. The van der Waals surface area contributed by atoms with E-state index in [1.165, 1.54) is 38.5 Å². The van der Waals surface area contributed by atoms with E-state index in [0.29, 0.717) is 24.4 Å². The lowest BCUT2D eigenvalue weighted by atomic mass is 9.86. The zero-order valence-corrected chi connectivity index (χ0v) is 14.7. The Balaban J connectivity index is 1.56. The number of amides is 1. The third-order valence-electron chi connectivity index (χ3n) is 4.79. The van der Waals surface area contributed by atoms with Gasteiger partial charge in [-0.05, 0) is 72.5 Å². The third-order valence-corrected chi connectivity index (χ3v) is 5.26. The number of pyridine rings is 1. The van der Waals surface area contributed by atoms with Gasteiger partial charge in [0.2, 0.25) is 5.91 Å². The van der Waals surface area contributed by atoms with Gasteiger partial charge in [-0.2, -0.15) is 0 Å². The normalized spacial score (nSPS) is 25.2. The predicted octanol–water partition coefficient (Wildman–Crippen LogP) is 3.83. The first kappa shape index (κ1) is 15.9. The molecule has 120 valence electrons. The number of anilines is 1. The Morgan fingerprint density at radius 2 is 1.86 bits per heavy atom. The van der Waals surface area contributed by atoms with Gasteiger partial charge in [-0.25, -0.2) is 4.98 Å². The summed E-state index contributed by atoms with van der Waals surface area (Å²) in [5.74, 6) is 1.53. The Hall–Kier alpha value is -0.940. The summed E-state index contributed by atoms with van der Waals surface area (Å²) in [4.78, 5) is 19.0. The van der Waals surface area contributed by atoms with Crippen LogP contribution in [0.15, 0.2) is 22.8 Å². The maximum Gasteiger partial charge on any atom is 0.239 e. The summed E-state index contributed by atoms with van der Waals surface area (Å²) in [6, 6.07) is 4.93. The summed E-state index contributed by atoms with van der Waals surface area (Å²) < 4.78 is 0.918. The SMILES string of the molecule is CC1CCC(N(CC(=O)Nc2ccc(Br)cn2)C2CC2)CC1. The number of carbonyl (C=O) groups excluding carboxylic acids is 1. The van der Waals surface area contributed by atoms with Gasteiger partial charge in [-0.1, -0.05) is 6.92 Å². The number of halogens is 1. The molecule has 5 heteroatoms. The molecule has 2 aliphatic carbocycles. The Bertz CT molecular complexity index is 507. The molecular formula is C17H24BrN3O. The largest absolute Gasteiger partial charge is 0.310 e. The van der Waals surface area contributed by atoms with Crippen LogP contribution >= 0.6 is 15.9 Å². The molecule has 4 nitrogen and oxygen atoms in total. The molecule has 0 unspecified atom stereocenters. The van der Waals surface area contributed by atoms with Crippen molar-refractivity contribution >= 4 is 27.7 Å². The first-order chi connectivity index (χ1) is 10.6. The molecule has 2 saturated carbocycles. The minimum atomic E-state index is 0.0559. The molecule has 1 amide bonds. The smallest absolute Gasteiger partial charge is 0.239 e. The van der Waals surface area contributed by atoms with Crippen LogP contribution in [-0.4, -0.2) is 34.4 Å². The van der Waals surface area contributed by atoms with E-state index in [2.05, 4.69) is 38.1 Å². The van der Waals surface area contributed by atoms with Gasteiger partial charge in [-0.3, -0.25) is 9.69 Å². The summed E-state index contributed by atoms with van der Waals surface area (Å²) in [5, 5.41) is 2.92. The number of hydrogen-bond donors (Lipinski definition) is 1. The summed E-state index contributed by atoms with van der Waals surface area (Å²) in [6.45, 7) is 2.84. The van der Waals surface area contributed by atoms with Crippen molar-refractivity contribution in [3.05, 3.63) is 22.8 Å². The van der Waals surface area contributed by atoms with Gasteiger partial charge in [0.25, 0.3) is 0 Å². The lowest BCUT2D eigenvalue weighted by Gasteiger charge is -2.35. The van der Waals surface area contributed by atoms with E-state index in [1.807, 2.05) is 12.1 Å². The molecule has 0 aromatic carbocycles. The molecule has 3 rings (SSSR count). The van der Waals surface area contributed by atoms with E-state index in [1.54, 1.807) is 6.20 Å². The average molecular weight is 366 g/mol. The van der Waals surface area contributed by atoms with E-state index < -0.39 is 0 Å². The Morgan fingerprint density at radius 1 is 1.23 bits per heavy atom. The van der Waals surface area contributed by atoms with Crippen molar-refractivity contribution in [1.82, 2.24) is 9.88 Å². The van der Waals surface area contributed by atoms with Crippen LogP contribution in [0.25, 0.3) is 0 Å². The molecule has 2 aliphatic rings. The van der Waals surface area contributed by atoms with E-state index in [9.17, 15) is 4.79 Å². The third kappa shape index (κ3) is 4.29. The molecule has 2 fully saturated rings. The average Bonchev–Trinajstić information content (AvgIpc) is 3.33. The number of rotatable bonds is 5. The minimum absolute atomic E-state index is 0.0559. The lowest BCUT2D eigenvalue weighted by Crippen LogP contribution is -2.44. The van der Waals surface area contributed by atoms with Crippen LogP contribution in [0, 0.1) is 5.92 Å². The van der Waals surface area contributed by atoms with E-state index in [0.717, 1.165) is 10.4 Å². The summed E-state index contributed by atoms with van der Waals surface area (Å²) in [7, 11) is 0. The van der Waals surface area contributed by atoms with Crippen molar-refractivity contribution < 1.29 is 4.79 Å². The zero-order chi connectivity index (χ0) is 15.5. The van der Waals surface area contributed by atoms with Gasteiger partial charge in [-0.15, -0.1) is 0 Å². The topological polar surface area (TPSA) is 45.2 Å². The minimum Gasteiger partial charge on any atom is -0.310 e. The number of aromatic nitrogens is 1. The van der Waals surface area contributed by atoms with Gasteiger partial charge in [0.15, 0.2) is 0 Å². The van der Waals surface area contributed by atoms with E-state index >= 15 is 0 Å². The highest BCUT2D eigenvalue weighted by atomic mass is 79.9. The van der Waals surface area contributed by atoms with Gasteiger partial charge < -0.3 is 5.32 Å². The summed E-state index contributed by atoms with van der Waals surface area (Å²) in [6.07, 6.45) is 9.26. The van der Waals surface area contributed by atoms with Gasteiger partial charge >= 0.3 is 0 Å². The van der Waals surface area contributed by atoms with Crippen LogP contribution in [0.5, 0.6) is 0 Å². The van der Waals surface area contributed by atoms with Crippen LogP contribution in [0.3, 0.4) is 0 Å². The molecule has 22 heavy (non-hydrogen) atoms. The van der Waals surface area contributed by atoms with Crippen LogP contribution in [0.1, 0.15) is 45.4 Å². The molecule has 0 saturated heterocycles. The predicted molar refractivity (Wildman–Crippen MR) is 91.7 cm³/mol. The van der Waals surface area contributed by atoms with Gasteiger partial charge in [0.05, 0.1) is 6.54 Å². The summed E-state index contributed by atoms with van der Waals surface area (Å²) >= 11 is 3.35. The number of nitrogens with one attached hydrogen (secondary N) is 1. The van der Waals surface area contributed by atoms with Crippen molar-refractivity contribution in [1.29, 1.82) is 0 Å². The number of nitrogens with zero attached hydrogens (tertiary/aromatic N) is 2. The molecule has 0 bridgehead atoms. The Kier molecular flexibility index (Phi) is 5.14. The first-order valence-electron chi connectivity index (χ1n) is 8.29. The monoisotopic (exact) mass is 365 g/mol. The quantitative estimate of drug-likeness (QED) is 0.862. The fourth-order valence-electron chi connectivity index (χ4n) is 3.33. The van der Waals surface area contributed by atoms with Crippen molar-refractivity contribution in [2.24, 2.45) is 5.92 Å². The van der Waals surface area contributed by atoms with Crippen LogP contribution in [0.4, 0.5) is 5.82 Å². The lowest BCUT2D eigenvalue weighted by molar-refractivity contribution is -0.118.